The number of piperidine rings is 1. The summed E-state index contributed by atoms with van der Waals surface area (Å²) in [5.41, 5.74) is -0.139. The van der Waals surface area contributed by atoms with E-state index >= 15 is 0 Å². The van der Waals surface area contributed by atoms with E-state index in [2.05, 4.69) is 6.92 Å². The van der Waals surface area contributed by atoms with Crippen LogP contribution in [0.1, 0.15) is 32.6 Å². The van der Waals surface area contributed by atoms with Crippen LogP contribution in [-0.4, -0.2) is 73.8 Å². The Morgan fingerprint density at radius 1 is 1.17 bits per heavy atom. The number of sulfonamides is 1. The molecule has 0 spiro atoms. The third kappa shape index (κ3) is 4.93. The maximum Gasteiger partial charge on any atom is 0.278 e. The third-order valence-electron chi connectivity index (χ3n) is 5.93. The minimum Gasteiger partial charge on any atom is -0.335 e. The summed E-state index contributed by atoms with van der Waals surface area (Å²) in [7, 11) is -3.69. The molecule has 2 heterocycles. The van der Waals surface area contributed by atoms with Crippen LogP contribution in [0.15, 0.2) is 29.2 Å². The summed E-state index contributed by atoms with van der Waals surface area (Å²) >= 11 is 0. The Morgan fingerprint density at radius 2 is 1.83 bits per heavy atom. The molecule has 0 bridgehead atoms. The number of quaternary nitrogens is 1. The second-order valence-corrected chi connectivity index (χ2v) is 9.66. The Balaban J connectivity index is 1.56. The van der Waals surface area contributed by atoms with E-state index in [1.807, 2.05) is 4.90 Å². The minimum atomic E-state index is -3.69. The molecule has 2 saturated heterocycles. The molecule has 0 radical (unpaired) electrons. The summed E-state index contributed by atoms with van der Waals surface area (Å²) < 4.78 is 27.0. The van der Waals surface area contributed by atoms with Gasteiger partial charge in [0.05, 0.1) is 36.0 Å². The Hall–Kier alpha value is -2.04. The van der Waals surface area contributed by atoms with Crippen LogP contribution in [0.3, 0.4) is 0 Å². The van der Waals surface area contributed by atoms with E-state index in [9.17, 15) is 23.3 Å². The van der Waals surface area contributed by atoms with E-state index in [0.717, 1.165) is 30.7 Å². The molecular weight excluding hydrogens is 396 g/mol. The first kappa shape index (κ1) is 21.7. The second-order valence-electron chi connectivity index (χ2n) is 7.73. The highest BCUT2D eigenvalue weighted by Crippen LogP contribution is 2.20. The fourth-order valence-corrected chi connectivity index (χ4v) is 5.62. The van der Waals surface area contributed by atoms with E-state index in [1.54, 1.807) is 0 Å². The average Bonchev–Trinajstić information content (AvgIpc) is 2.74. The predicted molar refractivity (Wildman–Crippen MR) is 107 cm³/mol. The summed E-state index contributed by atoms with van der Waals surface area (Å²) in [5, 5.41) is 10.8. The first-order valence-electron chi connectivity index (χ1n) is 10.2. The highest BCUT2D eigenvalue weighted by Gasteiger charge is 2.33. The SMILES string of the molecule is CC[C@H]1CCCCN1C(=O)C[NH+]1CCN(S(=O)(=O)c2ccc([N+](=O)[O-])cc2)CC1. The summed E-state index contributed by atoms with van der Waals surface area (Å²) in [6, 6.07) is 5.29. The van der Waals surface area contributed by atoms with Crippen molar-refractivity contribution in [3.63, 3.8) is 0 Å². The maximum atomic E-state index is 12.8. The van der Waals surface area contributed by atoms with Gasteiger partial charge in [0, 0.05) is 24.7 Å². The number of nitro benzene ring substituents is 1. The Morgan fingerprint density at radius 3 is 2.41 bits per heavy atom. The highest BCUT2D eigenvalue weighted by atomic mass is 32.2. The van der Waals surface area contributed by atoms with Gasteiger partial charge in [-0.3, -0.25) is 14.9 Å². The van der Waals surface area contributed by atoms with Gasteiger partial charge in [0.1, 0.15) is 0 Å². The van der Waals surface area contributed by atoms with Gasteiger partial charge in [0.2, 0.25) is 10.0 Å². The van der Waals surface area contributed by atoms with Crippen molar-refractivity contribution in [2.75, 3.05) is 39.3 Å². The number of rotatable bonds is 6. The monoisotopic (exact) mass is 425 g/mol. The normalized spacial score (nSPS) is 21.8. The van der Waals surface area contributed by atoms with Crippen LogP contribution in [-0.2, 0) is 14.8 Å². The van der Waals surface area contributed by atoms with E-state index < -0.39 is 14.9 Å². The van der Waals surface area contributed by atoms with Gasteiger partial charge < -0.3 is 9.80 Å². The van der Waals surface area contributed by atoms with E-state index in [-0.39, 0.29) is 16.5 Å². The van der Waals surface area contributed by atoms with Crippen molar-refractivity contribution in [2.24, 2.45) is 0 Å². The van der Waals surface area contributed by atoms with Gasteiger partial charge in [-0.1, -0.05) is 6.92 Å². The average molecular weight is 426 g/mol. The van der Waals surface area contributed by atoms with Crippen LogP contribution >= 0.6 is 0 Å². The number of benzene rings is 1. The Bertz CT molecular complexity index is 835. The topological polar surface area (TPSA) is 105 Å². The van der Waals surface area contributed by atoms with Gasteiger partial charge >= 0.3 is 0 Å². The van der Waals surface area contributed by atoms with Crippen LogP contribution in [0.4, 0.5) is 5.69 Å². The molecule has 1 N–H and O–H groups in total. The van der Waals surface area contributed by atoms with Crippen molar-refractivity contribution >= 4 is 21.6 Å². The fraction of sp³-hybridized carbons (Fsp3) is 0.632. The number of carbonyl (C=O) groups is 1. The first-order valence-corrected chi connectivity index (χ1v) is 11.6. The lowest BCUT2D eigenvalue weighted by molar-refractivity contribution is -0.896. The third-order valence-corrected chi connectivity index (χ3v) is 7.85. The predicted octanol–water partition coefficient (Wildman–Crippen LogP) is 0.275. The smallest absolute Gasteiger partial charge is 0.278 e. The quantitative estimate of drug-likeness (QED) is 0.520. The summed E-state index contributed by atoms with van der Waals surface area (Å²) in [4.78, 5) is 26.1. The molecule has 0 unspecified atom stereocenters. The molecule has 1 aromatic rings. The summed E-state index contributed by atoms with van der Waals surface area (Å²) in [5.74, 6) is 0.165. The fourth-order valence-electron chi connectivity index (χ4n) is 4.18. The number of amides is 1. The van der Waals surface area contributed by atoms with Gasteiger partial charge in [0.25, 0.3) is 11.6 Å². The Labute approximate surface area is 171 Å². The zero-order chi connectivity index (χ0) is 21.0. The number of nitro groups is 1. The molecule has 2 aliphatic heterocycles. The van der Waals surface area contributed by atoms with Gasteiger partial charge in [-0.2, -0.15) is 4.31 Å². The molecule has 1 aromatic carbocycles. The maximum absolute atomic E-state index is 12.8. The van der Waals surface area contributed by atoms with Crippen LogP contribution < -0.4 is 4.90 Å². The molecule has 160 valence electrons. The van der Waals surface area contributed by atoms with Crippen molar-refractivity contribution in [1.82, 2.24) is 9.21 Å². The molecule has 1 amide bonds. The van der Waals surface area contributed by atoms with E-state index in [4.69, 9.17) is 0 Å². The molecule has 10 heteroatoms. The van der Waals surface area contributed by atoms with Crippen molar-refractivity contribution in [2.45, 2.75) is 43.5 Å². The van der Waals surface area contributed by atoms with Gasteiger partial charge in [-0.15, -0.1) is 0 Å². The molecule has 0 aromatic heterocycles. The van der Waals surface area contributed by atoms with Crippen molar-refractivity contribution < 1.29 is 23.0 Å². The van der Waals surface area contributed by atoms with Crippen molar-refractivity contribution in [3.05, 3.63) is 34.4 Å². The number of nitrogens with one attached hydrogen (secondary N) is 1. The lowest BCUT2D eigenvalue weighted by Gasteiger charge is -2.37. The minimum absolute atomic E-state index is 0.0572. The molecule has 9 nitrogen and oxygen atoms in total. The van der Waals surface area contributed by atoms with Gasteiger partial charge in [0.15, 0.2) is 6.54 Å². The number of hydrogen-bond acceptors (Lipinski definition) is 5. The molecule has 1 atom stereocenters. The summed E-state index contributed by atoms with van der Waals surface area (Å²) in [6.07, 6.45) is 4.27. The van der Waals surface area contributed by atoms with Gasteiger partial charge in [-0.05, 0) is 37.8 Å². The number of carbonyl (C=O) groups excluding carboxylic acids is 1. The molecule has 2 fully saturated rings. The molecule has 2 aliphatic rings. The molecule has 29 heavy (non-hydrogen) atoms. The first-order chi connectivity index (χ1) is 13.8. The molecule has 3 rings (SSSR count). The zero-order valence-electron chi connectivity index (χ0n) is 16.7. The van der Waals surface area contributed by atoms with Crippen LogP contribution in [0.2, 0.25) is 0 Å². The standard InChI is InChI=1S/C19H28N4O5S/c1-2-16-5-3-4-10-22(16)19(24)15-20-11-13-21(14-12-20)29(27,28)18-8-6-17(7-9-18)23(25)26/h6-9,16H,2-5,10-15H2,1H3/p+1/t16-/m0/s1. The lowest BCUT2D eigenvalue weighted by Crippen LogP contribution is -3.15. The number of nitrogens with zero attached hydrogens (tertiary/aromatic N) is 3. The molecule has 0 saturated carbocycles. The molecular formula is C19H29N4O5S+. The summed E-state index contributed by atoms with van der Waals surface area (Å²) in [6.45, 7) is 5.15. The van der Waals surface area contributed by atoms with E-state index in [0.29, 0.717) is 38.8 Å². The number of likely N-dealkylation sites (tertiary alicyclic amines) is 1. The number of hydrogen-bond donors (Lipinski definition) is 1. The Kier molecular flexibility index (Phi) is 6.86. The number of non-ortho nitro benzene ring substituents is 1. The van der Waals surface area contributed by atoms with Gasteiger partial charge in [-0.25, -0.2) is 8.42 Å². The van der Waals surface area contributed by atoms with Crippen LogP contribution in [0.25, 0.3) is 0 Å². The second kappa shape index (κ2) is 9.19. The van der Waals surface area contributed by atoms with Crippen molar-refractivity contribution in [3.8, 4) is 0 Å². The van der Waals surface area contributed by atoms with E-state index in [1.165, 1.54) is 35.0 Å². The van der Waals surface area contributed by atoms with Crippen LogP contribution in [0, 0.1) is 10.1 Å². The van der Waals surface area contributed by atoms with Crippen molar-refractivity contribution in [1.29, 1.82) is 0 Å². The zero-order valence-corrected chi connectivity index (χ0v) is 17.6. The lowest BCUT2D eigenvalue weighted by atomic mass is 10.00. The highest BCUT2D eigenvalue weighted by molar-refractivity contribution is 7.89. The molecule has 0 aliphatic carbocycles. The number of piperazine rings is 1. The largest absolute Gasteiger partial charge is 0.335 e. The van der Waals surface area contributed by atoms with Crippen LogP contribution in [0.5, 0.6) is 0 Å².